The number of sulfonamides is 1. The Morgan fingerprint density at radius 2 is 1.95 bits per heavy atom. The van der Waals surface area contributed by atoms with Crippen molar-refractivity contribution in [1.29, 1.82) is 0 Å². The Hall–Kier alpha value is -1.60. The number of ether oxygens (including phenoxy) is 1. The van der Waals surface area contributed by atoms with E-state index < -0.39 is 22.0 Å². The molecule has 0 saturated heterocycles. The highest BCUT2D eigenvalue weighted by Gasteiger charge is 2.25. The van der Waals surface area contributed by atoms with Crippen LogP contribution in [0.15, 0.2) is 17.0 Å². The van der Waals surface area contributed by atoms with Crippen LogP contribution in [0.4, 0.5) is 5.69 Å². The summed E-state index contributed by atoms with van der Waals surface area (Å²) in [6, 6.07) is 2.42. The summed E-state index contributed by atoms with van der Waals surface area (Å²) in [5.41, 5.74) is 7.77. The van der Waals surface area contributed by atoms with E-state index in [0.717, 1.165) is 5.56 Å². The Labute approximate surface area is 125 Å². The number of nitrogen functional groups attached to an aromatic ring is 1. The number of nitrogens with one attached hydrogen (secondary N) is 1. The van der Waals surface area contributed by atoms with Gasteiger partial charge < -0.3 is 10.5 Å². The van der Waals surface area contributed by atoms with Crippen molar-refractivity contribution >= 4 is 21.7 Å². The molecule has 1 unspecified atom stereocenters. The van der Waals surface area contributed by atoms with Gasteiger partial charge in [0.2, 0.25) is 10.0 Å². The van der Waals surface area contributed by atoms with E-state index in [1.165, 1.54) is 14.0 Å². The minimum absolute atomic E-state index is 0.123. The van der Waals surface area contributed by atoms with Crippen molar-refractivity contribution in [1.82, 2.24) is 4.72 Å². The number of carbonyl (C=O) groups excluding carboxylic acids is 1. The minimum atomic E-state index is -3.84. The number of aryl methyl sites for hydroxylation is 1. The minimum Gasteiger partial charge on any atom is -0.468 e. The molecule has 0 heterocycles. The number of anilines is 1. The van der Waals surface area contributed by atoms with Crippen molar-refractivity contribution < 1.29 is 17.9 Å². The molecule has 1 aromatic rings. The number of esters is 1. The Morgan fingerprint density at radius 3 is 2.43 bits per heavy atom. The van der Waals surface area contributed by atoms with Crippen LogP contribution < -0.4 is 10.5 Å². The van der Waals surface area contributed by atoms with E-state index >= 15 is 0 Å². The third-order valence-corrected chi connectivity index (χ3v) is 4.85. The Morgan fingerprint density at radius 1 is 1.33 bits per heavy atom. The van der Waals surface area contributed by atoms with Crippen LogP contribution in [0, 0.1) is 0 Å². The molecule has 1 rings (SSSR count). The van der Waals surface area contributed by atoms with Crippen molar-refractivity contribution in [2.45, 2.75) is 44.6 Å². The van der Waals surface area contributed by atoms with E-state index in [1.54, 1.807) is 12.1 Å². The first-order valence-corrected chi connectivity index (χ1v) is 8.26. The van der Waals surface area contributed by atoms with Crippen molar-refractivity contribution in [2.75, 3.05) is 12.8 Å². The maximum Gasteiger partial charge on any atom is 0.323 e. The Kier molecular flexibility index (Phi) is 5.74. The van der Waals surface area contributed by atoms with E-state index in [-0.39, 0.29) is 4.90 Å². The van der Waals surface area contributed by atoms with Gasteiger partial charge in [0.05, 0.1) is 12.0 Å². The number of nitrogens with two attached hydrogens (primary N) is 1. The number of rotatable bonds is 6. The molecule has 0 bridgehead atoms. The van der Waals surface area contributed by atoms with Gasteiger partial charge in [0.25, 0.3) is 0 Å². The van der Waals surface area contributed by atoms with Gasteiger partial charge in [-0.05, 0) is 43.0 Å². The lowest BCUT2D eigenvalue weighted by Crippen LogP contribution is -2.39. The largest absolute Gasteiger partial charge is 0.468 e. The molecule has 0 aromatic heterocycles. The summed E-state index contributed by atoms with van der Waals surface area (Å²) in [4.78, 5) is 11.5. The molecular weight excluding hydrogens is 292 g/mol. The molecule has 0 aliphatic rings. The molecular formula is C14H22N2O4S. The Bertz CT molecular complexity index is 626. The third kappa shape index (κ3) is 3.95. The van der Waals surface area contributed by atoms with Crippen LogP contribution in [0.3, 0.4) is 0 Å². The number of benzene rings is 1. The van der Waals surface area contributed by atoms with E-state index in [4.69, 9.17) is 5.73 Å². The average molecular weight is 314 g/mol. The predicted molar refractivity (Wildman–Crippen MR) is 81.4 cm³/mol. The third-order valence-electron chi connectivity index (χ3n) is 3.24. The van der Waals surface area contributed by atoms with Crippen LogP contribution in [0.25, 0.3) is 0 Å². The summed E-state index contributed by atoms with van der Waals surface area (Å²) < 4.78 is 31.8. The smallest absolute Gasteiger partial charge is 0.323 e. The lowest BCUT2D eigenvalue weighted by atomic mass is 10.1. The second-order valence-corrected chi connectivity index (χ2v) is 6.42. The quantitative estimate of drug-likeness (QED) is 0.608. The van der Waals surface area contributed by atoms with Crippen LogP contribution in [0.2, 0.25) is 0 Å². The fourth-order valence-corrected chi connectivity index (χ4v) is 3.65. The van der Waals surface area contributed by atoms with Gasteiger partial charge in [-0.1, -0.05) is 13.8 Å². The summed E-state index contributed by atoms with van der Waals surface area (Å²) in [5, 5.41) is 0. The molecule has 118 valence electrons. The molecule has 0 radical (unpaired) electrons. The standard InChI is InChI=1S/C14H22N2O4S/c1-5-10-7-12(15)11(6-2)13(8-10)21(18,19)16-9(3)14(17)20-4/h7-9,16H,5-6,15H2,1-4H3. The molecule has 0 aliphatic carbocycles. The lowest BCUT2D eigenvalue weighted by Gasteiger charge is -2.16. The highest BCUT2D eigenvalue weighted by atomic mass is 32.2. The second kappa shape index (κ2) is 6.91. The molecule has 3 N–H and O–H groups in total. The molecule has 1 atom stereocenters. The van der Waals surface area contributed by atoms with Gasteiger partial charge in [-0.3, -0.25) is 4.79 Å². The molecule has 1 aromatic carbocycles. The Balaban J connectivity index is 3.30. The SMILES string of the molecule is CCc1cc(N)c(CC)c(S(=O)(=O)NC(C)C(=O)OC)c1. The summed E-state index contributed by atoms with van der Waals surface area (Å²) >= 11 is 0. The lowest BCUT2D eigenvalue weighted by molar-refractivity contribution is -0.142. The van der Waals surface area contributed by atoms with Crippen molar-refractivity contribution in [3.63, 3.8) is 0 Å². The van der Waals surface area contributed by atoms with Gasteiger partial charge in [0.15, 0.2) is 0 Å². The van der Waals surface area contributed by atoms with E-state index in [1.807, 2.05) is 13.8 Å². The predicted octanol–water partition coefficient (Wildman–Crippen LogP) is 1.23. The van der Waals surface area contributed by atoms with E-state index in [0.29, 0.717) is 24.1 Å². The topological polar surface area (TPSA) is 98.5 Å². The zero-order chi connectivity index (χ0) is 16.2. The maximum atomic E-state index is 12.5. The van der Waals surface area contributed by atoms with Crippen LogP contribution in [0.1, 0.15) is 31.9 Å². The molecule has 21 heavy (non-hydrogen) atoms. The van der Waals surface area contributed by atoms with Gasteiger partial charge in [-0.25, -0.2) is 8.42 Å². The summed E-state index contributed by atoms with van der Waals surface area (Å²) in [6.07, 6.45) is 1.15. The van der Waals surface area contributed by atoms with Crippen LogP contribution in [-0.4, -0.2) is 27.5 Å². The first-order valence-electron chi connectivity index (χ1n) is 6.78. The molecule has 0 spiro atoms. The number of hydrogen-bond donors (Lipinski definition) is 2. The van der Waals surface area contributed by atoms with Crippen LogP contribution >= 0.6 is 0 Å². The van der Waals surface area contributed by atoms with E-state index in [9.17, 15) is 13.2 Å². The van der Waals surface area contributed by atoms with Crippen molar-refractivity contribution in [3.05, 3.63) is 23.3 Å². The van der Waals surface area contributed by atoms with Crippen LogP contribution in [-0.2, 0) is 32.4 Å². The molecule has 0 amide bonds. The molecule has 7 heteroatoms. The second-order valence-electron chi connectivity index (χ2n) is 4.73. The van der Waals surface area contributed by atoms with Gasteiger partial charge in [0, 0.05) is 5.69 Å². The van der Waals surface area contributed by atoms with Crippen molar-refractivity contribution in [3.8, 4) is 0 Å². The monoisotopic (exact) mass is 314 g/mol. The van der Waals surface area contributed by atoms with Crippen molar-refractivity contribution in [2.24, 2.45) is 0 Å². The summed E-state index contributed by atoms with van der Waals surface area (Å²) in [7, 11) is -2.63. The first kappa shape index (κ1) is 17.5. The van der Waals surface area contributed by atoms with Gasteiger partial charge in [0.1, 0.15) is 6.04 Å². The van der Waals surface area contributed by atoms with Gasteiger partial charge >= 0.3 is 5.97 Å². The average Bonchev–Trinajstić information content (AvgIpc) is 2.44. The number of hydrogen-bond acceptors (Lipinski definition) is 5. The molecule has 0 fully saturated rings. The number of carbonyl (C=O) groups is 1. The number of methoxy groups -OCH3 is 1. The van der Waals surface area contributed by atoms with Gasteiger partial charge in [-0.15, -0.1) is 0 Å². The van der Waals surface area contributed by atoms with Gasteiger partial charge in [-0.2, -0.15) is 4.72 Å². The normalized spacial score (nSPS) is 13.0. The highest BCUT2D eigenvalue weighted by Crippen LogP contribution is 2.25. The zero-order valence-corrected chi connectivity index (χ0v) is 13.6. The molecule has 0 aliphatic heterocycles. The first-order chi connectivity index (χ1) is 9.76. The maximum absolute atomic E-state index is 12.5. The van der Waals surface area contributed by atoms with E-state index in [2.05, 4.69) is 9.46 Å². The molecule has 6 nitrogen and oxygen atoms in total. The summed E-state index contributed by atoms with van der Waals surface area (Å²) in [5.74, 6) is -0.642. The molecule has 0 saturated carbocycles. The zero-order valence-electron chi connectivity index (χ0n) is 12.8. The summed E-state index contributed by atoms with van der Waals surface area (Å²) in [6.45, 7) is 5.18. The van der Waals surface area contributed by atoms with Crippen LogP contribution in [0.5, 0.6) is 0 Å². The highest BCUT2D eigenvalue weighted by molar-refractivity contribution is 7.89. The fraction of sp³-hybridized carbons (Fsp3) is 0.500. The fourth-order valence-electron chi connectivity index (χ4n) is 2.07.